The number of hydrogen-bond acceptors (Lipinski definition) is 5. The highest BCUT2D eigenvalue weighted by molar-refractivity contribution is 5.40. The maximum atomic E-state index is 8.83. The summed E-state index contributed by atoms with van der Waals surface area (Å²) in [6.07, 6.45) is 1.43. The van der Waals surface area contributed by atoms with E-state index in [0.717, 1.165) is 17.9 Å². The Morgan fingerprint density at radius 1 is 1.65 bits per heavy atom. The molecule has 0 aromatic carbocycles. The molecule has 0 bridgehead atoms. The average molecular weight is 232 g/mol. The molecule has 1 aliphatic heterocycles. The fourth-order valence-electron chi connectivity index (χ4n) is 1.79. The van der Waals surface area contributed by atoms with Gasteiger partial charge in [-0.1, -0.05) is 6.07 Å². The molecule has 0 radical (unpaired) electrons. The number of rotatable bonds is 2. The molecule has 0 amide bonds. The Morgan fingerprint density at radius 2 is 2.47 bits per heavy atom. The number of nitriles is 1. The van der Waals surface area contributed by atoms with Crippen LogP contribution in [0.15, 0.2) is 18.3 Å². The summed E-state index contributed by atoms with van der Waals surface area (Å²) in [5.74, 6) is 0.873. The lowest BCUT2D eigenvalue weighted by Crippen LogP contribution is -2.42. The summed E-state index contributed by atoms with van der Waals surface area (Å²) in [4.78, 5) is 6.43. The molecular weight excluding hydrogens is 216 g/mol. The fourth-order valence-corrected chi connectivity index (χ4v) is 1.79. The second-order valence-electron chi connectivity index (χ2n) is 4.17. The molecule has 0 saturated carbocycles. The smallest absolute Gasteiger partial charge is 0.161 e. The number of morpholine rings is 1. The first-order valence-corrected chi connectivity index (χ1v) is 5.68. The number of anilines is 1. The summed E-state index contributed by atoms with van der Waals surface area (Å²) >= 11 is 0. The van der Waals surface area contributed by atoms with Crippen molar-refractivity contribution in [1.29, 1.82) is 5.26 Å². The van der Waals surface area contributed by atoms with E-state index in [0.29, 0.717) is 13.2 Å². The number of nitrogens with two attached hydrogens (primary N) is 1. The summed E-state index contributed by atoms with van der Waals surface area (Å²) < 4.78 is 5.29. The summed E-state index contributed by atoms with van der Waals surface area (Å²) in [6.45, 7) is 3.83. The van der Waals surface area contributed by atoms with Gasteiger partial charge in [0, 0.05) is 18.8 Å². The minimum atomic E-state index is -0.362. The van der Waals surface area contributed by atoms with Gasteiger partial charge in [0.15, 0.2) is 6.10 Å². The van der Waals surface area contributed by atoms with Crippen LogP contribution in [-0.2, 0) is 4.74 Å². The molecule has 2 N–H and O–H groups in total. The molecule has 0 spiro atoms. The van der Waals surface area contributed by atoms with Gasteiger partial charge in [-0.25, -0.2) is 4.98 Å². The van der Waals surface area contributed by atoms with Crippen molar-refractivity contribution in [2.75, 3.05) is 24.6 Å². The van der Waals surface area contributed by atoms with Gasteiger partial charge >= 0.3 is 0 Å². The highest BCUT2D eigenvalue weighted by Gasteiger charge is 2.20. The van der Waals surface area contributed by atoms with Crippen LogP contribution in [0.4, 0.5) is 5.82 Å². The van der Waals surface area contributed by atoms with Crippen molar-refractivity contribution >= 4 is 5.82 Å². The van der Waals surface area contributed by atoms with E-state index in [2.05, 4.69) is 16.0 Å². The summed E-state index contributed by atoms with van der Waals surface area (Å²) in [6, 6.07) is 6.03. The van der Waals surface area contributed by atoms with Gasteiger partial charge in [-0.05, 0) is 18.6 Å². The predicted octanol–water partition coefficient (Wildman–Crippen LogP) is 0.830. The molecular formula is C12H16N4O. The Labute approximate surface area is 101 Å². The molecule has 2 rings (SSSR count). The van der Waals surface area contributed by atoms with Crippen LogP contribution in [0.1, 0.15) is 18.5 Å². The van der Waals surface area contributed by atoms with Gasteiger partial charge in [0.1, 0.15) is 5.82 Å². The quantitative estimate of drug-likeness (QED) is 0.817. The maximum absolute atomic E-state index is 8.83. The Balaban J connectivity index is 2.09. The third-order valence-electron chi connectivity index (χ3n) is 2.83. The molecule has 2 unspecified atom stereocenters. The van der Waals surface area contributed by atoms with Crippen molar-refractivity contribution in [1.82, 2.24) is 4.98 Å². The largest absolute Gasteiger partial charge is 0.360 e. The van der Waals surface area contributed by atoms with Gasteiger partial charge < -0.3 is 15.4 Å². The molecule has 1 aromatic rings. The predicted molar refractivity (Wildman–Crippen MR) is 64.4 cm³/mol. The van der Waals surface area contributed by atoms with E-state index in [1.807, 2.05) is 19.1 Å². The van der Waals surface area contributed by atoms with E-state index in [4.69, 9.17) is 15.7 Å². The molecule has 0 aliphatic carbocycles. The van der Waals surface area contributed by atoms with Crippen LogP contribution in [0.3, 0.4) is 0 Å². The van der Waals surface area contributed by atoms with Crippen LogP contribution in [0.2, 0.25) is 0 Å². The zero-order valence-electron chi connectivity index (χ0n) is 9.84. The third-order valence-corrected chi connectivity index (χ3v) is 2.83. The van der Waals surface area contributed by atoms with Crippen molar-refractivity contribution in [2.45, 2.75) is 19.1 Å². The second-order valence-corrected chi connectivity index (χ2v) is 4.17. The van der Waals surface area contributed by atoms with E-state index in [-0.39, 0.29) is 12.1 Å². The number of hydrogen-bond donors (Lipinski definition) is 1. The Hall–Kier alpha value is -1.64. The zero-order valence-corrected chi connectivity index (χ0v) is 9.84. The first-order valence-electron chi connectivity index (χ1n) is 5.68. The lowest BCUT2D eigenvalue weighted by atomic mass is 10.1. The third kappa shape index (κ3) is 2.73. The number of nitrogens with zero attached hydrogens (tertiary/aromatic N) is 3. The van der Waals surface area contributed by atoms with E-state index in [1.165, 1.54) is 0 Å². The van der Waals surface area contributed by atoms with Crippen LogP contribution in [0.5, 0.6) is 0 Å². The number of aromatic nitrogens is 1. The Morgan fingerprint density at radius 3 is 3.06 bits per heavy atom. The molecule has 1 aliphatic rings. The molecule has 1 fully saturated rings. The Bertz CT molecular complexity index is 410. The number of pyridine rings is 1. The van der Waals surface area contributed by atoms with E-state index in [9.17, 15) is 0 Å². The molecule has 5 nitrogen and oxygen atoms in total. The Kier molecular flexibility index (Phi) is 3.57. The molecule has 17 heavy (non-hydrogen) atoms. The maximum Gasteiger partial charge on any atom is 0.161 e. The molecule has 1 aromatic heterocycles. The van der Waals surface area contributed by atoms with Crippen molar-refractivity contribution in [2.24, 2.45) is 5.73 Å². The highest BCUT2D eigenvalue weighted by atomic mass is 16.5. The average Bonchev–Trinajstić information content (AvgIpc) is 2.39. The van der Waals surface area contributed by atoms with Crippen molar-refractivity contribution < 1.29 is 4.74 Å². The van der Waals surface area contributed by atoms with Crippen LogP contribution < -0.4 is 10.6 Å². The first-order chi connectivity index (χ1) is 8.20. The summed E-state index contributed by atoms with van der Waals surface area (Å²) in [7, 11) is 0. The van der Waals surface area contributed by atoms with Gasteiger partial charge in [0.05, 0.1) is 19.2 Å². The minimum Gasteiger partial charge on any atom is -0.360 e. The van der Waals surface area contributed by atoms with Crippen LogP contribution in [0, 0.1) is 11.3 Å². The van der Waals surface area contributed by atoms with Gasteiger partial charge in [-0.15, -0.1) is 0 Å². The summed E-state index contributed by atoms with van der Waals surface area (Å²) in [5, 5.41) is 8.83. The molecule has 5 heteroatoms. The topological polar surface area (TPSA) is 75.2 Å². The van der Waals surface area contributed by atoms with Crippen molar-refractivity contribution in [3.05, 3.63) is 23.9 Å². The van der Waals surface area contributed by atoms with Crippen LogP contribution in [-0.4, -0.2) is 30.8 Å². The van der Waals surface area contributed by atoms with Gasteiger partial charge in [0.2, 0.25) is 0 Å². The SMILES string of the molecule is CC(N)c1ccc(N2CCOC(C#N)C2)nc1. The number of ether oxygens (including phenoxy) is 1. The van der Waals surface area contributed by atoms with Gasteiger partial charge in [-0.2, -0.15) is 5.26 Å². The van der Waals surface area contributed by atoms with Gasteiger partial charge in [0.25, 0.3) is 0 Å². The minimum absolute atomic E-state index is 0.00639. The molecule has 2 atom stereocenters. The van der Waals surface area contributed by atoms with E-state index in [1.54, 1.807) is 6.20 Å². The van der Waals surface area contributed by atoms with E-state index >= 15 is 0 Å². The molecule has 1 saturated heterocycles. The zero-order chi connectivity index (χ0) is 12.3. The summed E-state index contributed by atoms with van der Waals surface area (Å²) in [5.41, 5.74) is 6.78. The van der Waals surface area contributed by atoms with Crippen LogP contribution >= 0.6 is 0 Å². The first kappa shape index (κ1) is 11.8. The molecule has 2 heterocycles. The lowest BCUT2D eigenvalue weighted by Gasteiger charge is -2.30. The van der Waals surface area contributed by atoms with Crippen LogP contribution in [0.25, 0.3) is 0 Å². The van der Waals surface area contributed by atoms with Gasteiger partial charge in [-0.3, -0.25) is 0 Å². The lowest BCUT2D eigenvalue weighted by molar-refractivity contribution is 0.0761. The molecule has 90 valence electrons. The van der Waals surface area contributed by atoms with Crippen molar-refractivity contribution in [3.8, 4) is 6.07 Å². The van der Waals surface area contributed by atoms with E-state index < -0.39 is 0 Å². The second kappa shape index (κ2) is 5.13. The standard InChI is InChI=1S/C12H16N4O/c1-9(14)10-2-3-12(15-7-10)16-4-5-17-11(6-13)8-16/h2-3,7,9,11H,4-5,8,14H2,1H3. The normalized spacial score (nSPS) is 21.9. The van der Waals surface area contributed by atoms with Crippen molar-refractivity contribution in [3.63, 3.8) is 0 Å². The highest BCUT2D eigenvalue weighted by Crippen LogP contribution is 2.17. The monoisotopic (exact) mass is 232 g/mol. The fraction of sp³-hybridized carbons (Fsp3) is 0.500.